The van der Waals surface area contributed by atoms with Crippen molar-refractivity contribution in [2.75, 3.05) is 13.2 Å². The lowest BCUT2D eigenvalue weighted by Crippen LogP contribution is -2.44. The lowest BCUT2D eigenvalue weighted by atomic mass is 10.2. The predicted octanol–water partition coefficient (Wildman–Crippen LogP) is 3.66. The molecular weight excluding hydrogens is 276 g/mol. The van der Waals surface area contributed by atoms with Crippen molar-refractivity contribution in [3.63, 3.8) is 0 Å². The lowest BCUT2D eigenvalue weighted by molar-refractivity contribution is -0.321. The van der Waals surface area contributed by atoms with Gasteiger partial charge in [-0.15, -0.1) is 0 Å². The Bertz CT molecular complexity index is 226. The van der Waals surface area contributed by atoms with E-state index in [0.29, 0.717) is 6.42 Å². The molecule has 0 aliphatic rings. The molecule has 0 rings (SSSR count). The van der Waals surface area contributed by atoms with E-state index in [-0.39, 0.29) is 12.5 Å². The first-order valence-electron chi connectivity index (χ1n) is 6.07. The predicted molar refractivity (Wildman–Crippen MR) is 58.8 cm³/mol. The van der Waals surface area contributed by atoms with Gasteiger partial charge in [0.1, 0.15) is 0 Å². The molecule has 0 saturated carbocycles. The van der Waals surface area contributed by atoms with Crippen LogP contribution >= 0.6 is 0 Å². The Balaban J connectivity index is 4.02. The Morgan fingerprint density at radius 3 is 2.00 bits per heavy atom. The molecule has 0 bridgehead atoms. The third-order valence-corrected chi connectivity index (χ3v) is 2.40. The maximum atomic E-state index is 12.1. The Hall–Kier alpha value is -0.500. The number of hydrogen-bond acceptors (Lipinski definition) is 2. The van der Waals surface area contributed by atoms with E-state index in [2.05, 4.69) is 10.1 Å². The summed E-state index contributed by atoms with van der Waals surface area (Å²) in [5.74, 6) is 0. The number of hydrogen-bond donors (Lipinski definition) is 1. The van der Waals surface area contributed by atoms with Gasteiger partial charge in [0.2, 0.25) is 6.10 Å². The quantitative estimate of drug-likeness (QED) is 0.545. The molecule has 0 aliphatic carbocycles. The van der Waals surface area contributed by atoms with Crippen LogP contribution < -0.4 is 5.32 Å². The number of halogens is 6. The molecule has 0 radical (unpaired) electrons. The molecule has 0 saturated heterocycles. The summed E-state index contributed by atoms with van der Waals surface area (Å²) in [6.45, 7) is 3.97. The molecule has 1 unspecified atom stereocenters. The van der Waals surface area contributed by atoms with E-state index >= 15 is 0 Å². The summed E-state index contributed by atoms with van der Waals surface area (Å²) >= 11 is 0. The highest BCUT2D eigenvalue weighted by Gasteiger charge is 2.57. The summed E-state index contributed by atoms with van der Waals surface area (Å²) in [4.78, 5) is 0. The van der Waals surface area contributed by atoms with Gasteiger partial charge in [0.05, 0.1) is 0 Å². The van der Waals surface area contributed by atoms with Gasteiger partial charge < -0.3 is 10.1 Å². The average Bonchev–Trinajstić information content (AvgIpc) is 2.22. The average molecular weight is 295 g/mol. The third kappa shape index (κ3) is 8.30. The van der Waals surface area contributed by atoms with Crippen LogP contribution in [0.3, 0.4) is 0 Å². The van der Waals surface area contributed by atoms with Crippen LogP contribution in [-0.2, 0) is 4.74 Å². The second-order valence-corrected chi connectivity index (χ2v) is 4.33. The van der Waals surface area contributed by atoms with Crippen molar-refractivity contribution in [3.05, 3.63) is 0 Å². The number of rotatable bonds is 8. The highest BCUT2D eigenvalue weighted by molar-refractivity contribution is 4.76. The van der Waals surface area contributed by atoms with Gasteiger partial charge >= 0.3 is 12.4 Å². The molecule has 1 N–H and O–H groups in total. The van der Waals surface area contributed by atoms with Gasteiger partial charge in [-0.05, 0) is 32.7 Å². The molecule has 116 valence electrons. The number of alkyl halides is 6. The van der Waals surface area contributed by atoms with E-state index in [1.807, 2.05) is 13.8 Å². The highest BCUT2D eigenvalue weighted by Crippen LogP contribution is 2.35. The molecule has 19 heavy (non-hydrogen) atoms. The van der Waals surface area contributed by atoms with Crippen molar-refractivity contribution in [1.29, 1.82) is 0 Å². The Morgan fingerprint density at radius 2 is 1.58 bits per heavy atom. The van der Waals surface area contributed by atoms with Crippen LogP contribution in [0.25, 0.3) is 0 Å². The highest BCUT2D eigenvalue weighted by atomic mass is 19.4. The molecule has 0 aromatic carbocycles. The van der Waals surface area contributed by atoms with Crippen LogP contribution in [0.5, 0.6) is 0 Å². The molecule has 0 fully saturated rings. The van der Waals surface area contributed by atoms with E-state index in [0.717, 1.165) is 13.0 Å². The fraction of sp³-hybridized carbons (Fsp3) is 1.00. The van der Waals surface area contributed by atoms with Gasteiger partial charge in [0, 0.05) is 12.6 Å². The first-order chi connectivity index (χ1) is 8.59. The lowest BCUT2D eigenvalue weighted by Gasteiger charge is -2.23. The maximum Gasteiger partial charge on any atom is 0.423 e. The first kappa shape index (κ1) is 18.5. The van der Waals surface area contributed by atoms with E-state index in [9.17, 15) is 26.3 Å². The molecule has 2 nitrogen and oxygen atoms in total. The zero-order valence-corrected chi connectivity index (χ0v) is 10.9. The summed E-state index contributed by atoms with van der Waals surface area (Å²) in [6, 6.07) is 0.0405. The zero-order chi connectivity index (χ0) is 15.1. The molecule has 0 aliphatic heterocycles. The molecule has 0 aromatic heterocycles. The van der Waals surface area contributed by atoms with Crippen LogP contribution in [0.1, 0.15) is 33.1 Å². The summed E-state index contributed by atoms with van der Waals surface area (Å²) < 4.78 is 76.6. The van der Waals surface area contributed by atoms with Gasteiger partial charge in [-0.3, -0.25) is 0 Å². The van der Waals surface area contributed by atoms with Crippen molar-refractivity contribution < 1.29 is 31.1 Å². The fourth-order valence-electron chi connectivity index (χ4n) is 1.46. The van der Waals surface area contributed by atoms with Crippen molar-refractivity contribution in [2.45, 2.75) is 57.6 Å². The Labute approximate surface area is 108 Å². The number of nitrogens with one attached hydrogen (secondary N) is 1. The van der Waals surface area contributed by atoms with Gasteiger partial charge in [-0.1, -0.05) is 6.92 Å². The second kappa shape index (κ2) is 7.94. The topological polar surface area (TPSA) is 21.3 Å². The Morgan fingerprint density at radius 1 is 1.05 bits per heavy atom. The second-order valence-electron chi connectivity index (χ2n) is 4.33. The first-order valence-corrected chi connectivity index (χ1v) is 6.07. The van der Waals surface area contributed by atoms with Crippen LogP contribution in [0, 0.1) is 0 Å². The van der Waals surface area contributed by atoms with Crippen LogP contribution in [-0.4, -0.2) is 37.7 Å². The fourth-order valence-corrected chi connectivity index (χ4v) is 1.46. The van der Waals surface area contributed by atoms with E-state index in [1.54, 1.807) is 0 Å². The molecule has 0 heterocycles. The standard InChI is InChI=1S/C11H19F6NO/c1-3-6-18-8(2)5-4-7-19-9(10(12,13)14)11(15,16)17/h8-9,18H,3-7H2,1-2H3. The maximum absolute atomic E-state index is 12.1. The molecule has 0 spiro atoms. The van der Waals surface area contributed by atoms with E-state index < -0.39 is 25.1 Å². The summed E-state index contributed by atoms with van der Waals surface area (Å²) in [5, 5.41) is 3.08. The zero-order valence-electron chi connectivity index (χ0n) is 10.9. The van der Waals surface area contributed by atoms with Crippen molar-refractivity contribution in [3.8, 4) is 0 Å². The molecular formula is C11H19F6NO. The minimum Gasteiger partial charge on any atom is -0.361 e. The van der Waals surface area contributed by atoms with Gasteiger partial charge in [-0.25, -0.2) is 0 Å². The molecule has 1 atom stereocenters. The molecule has 8 heteroatoms. The van der Waals surface area contributed by atoms with Crippen molar-refractivity contribution in [1.82, 2.24) is 5.32 Å². The van der Waals surface area contributed by atoms with Crippen molar-refractivity contribution >= 4 is 0 Å². The van der Waals surface area contributed by atoms with E-state index in [4.69, 9.17) is 0 Å². The molecule has 0 aromatic rings. The summed E-state index contributed by atoms with van der Waals surface area (Å²) in [7, 11) is 0. The minimum absolute atomic E-state index is 0.0405. The largest absolute Gasteiger partial charge is 0.423 e. The Kier molecular flexibility index (Phi) is 7.73. The van der Waals surface area contributed by atoms with Crippen molar-refractivity contribution in [2.24, 2.45) is 0 Å². The monoisotopic (exact) mass is 295 g/mol. The summed E-state index contributed by atoms with van der Waals surface area (Å²) in [5.41, 5.74) is 0. The third-order valence-electron chi connectivity index (χ3n) is 2.40. The minimum atomic E-state index is -5.43. The van der Waals surface area contributed by atoms with Crippen LogP contribution in [0.15, 0.2) is 0 Å². The SMILES string of the molecule is CCCNC(C)CCCOC(C(F)(F)F)C(F)(F)F. The van der Waals surface area contributed by atoms with Gasteiger partial charge in [0.15, 0.2) is 0 Å². The molecule has 0 amide bonds. The normalized spacial score (nSPS) is 15.0. The van der Waals surface area contributed by atoms with Crippen LogP contribution in [0.2, 0.25) is 0 Å². The van der Waals surface area contributed by atoms with Crippen LogP contribution in [0.4, 0.5) is 26.3 Å². The van der Waals surface area contributed by atoms with Gasteiger partial charge in [-0.2, -0.15) is 26.3 Å². The van der Waals surface area contributed by atoms with Gasteiger partial charge in [0.25, 0.3) is 0 Å². The van der Waals surface area contributed by atoms with E-state index in [1.165, 1.54) is 0 Å². The number of ether oxygens (including phenoxy) is 1. The summed E-state index contributed by atoms with van der Waals surface area (Å²) in [6.07, 6.45) is -13.0. The smallest absolute Gasteiger partial charge is 0.361 e.